The van der Waals surface area contributed by atoms with Crippen molar-refractivity contribution in [2.24, 2.45) is 0 Å². The lowest BCUT2D eigenvalue weighted by Crippen LogP contribution is -2.16. The number of methoxy groups -OCH3 is 1. The second-order valence-electron chi connectivity index (χ2n) is 4.34. The van der Waals surface area contributed by atoms with E-state index in [2.05, 4.69) is 42.3 Å². The molecule has 0 saturated carbocycles. The van der Waals surface area contributed by atoms with Gasteiger partial charge in [0.25, 0.3) is 5.91 Å². The number of rotatable bonds is 4. The molecule has 4 nitrogen and oxygen atoms in total. The van der Waals surface area contributed by atoms with Crippen LogP contribution in [0.1, 0.15) is 11.1 Å². The predicted octanol–water partition coefficient (Wildman–Crippen LogP) is 3.01. The van der Waals surface area contributed by atoms with Crippen LogP contribution in [-0.4, -0.2) is 24.6 Å². The lowest BCUT2D eigenvalue weighted by Gasteiger charge is -2.03. The molecule has 0 aliphatic rings. The van der Waals surface area contributed by atoms with E-state index in [9.17, 15) is 4.79 Å². The van der Waals surface area contributed by atoms with Crippen LogP contribution in [0.15, 0.2) is 23.6 Å². The number of carbonyl (C=O) groups excluding carboxylic acids is 1. The topological polar surface area (TPSA) is 51.2 Å². The summed E-state index contributed by atoms with van der Waals surface area (Å²) in [5.41, 5.74) is 4.38. The zero-order valence-electron chi connectivity index (χ0n) is 11.2. The minimum Gasteiger partial charge on any atom is -0.375 e. The van der Waals surface area contributed by atoms with Gasteiger partial charge >= 0.3 is 0 Å². The number of carbonyl (C=O) groups is 1. The molecule has 1 aromatic carbocycles. The van der Waals surface area contributed by atoms with Gasteiger partial charge in [0, 0.05) is 18.1 Å². The number of aromatic nitrogens is 1. The molecular weight excluding hydrogens is 260 g/mol. The number of aryl methyl sites for hydroxylation is 2. The summed E-state index contributed by atoms with van der Waals surface area (Å²) in [4.78, 5) is 15.8. The summed E-state index contributed by atoms with van der Waals surface area (Å²) in [5, 5.41) is 5.25. The van der Waals surface area contributed by atoms with Crippen LogP contribution in [0.5, 0.6) is 0 Å². The monoisotopic (exact) mass is 276 g/mol. The number of hydrogen-bond donors (Lipinski definition) is 1. The molecule has 0 bridgehead atoms. The van der Waals surface area contributed by atoms with Gasteiger partial charge in [-0.2, -0.15) is 0 Å². The average molecular weight is 276 g/mol. The standard InChI is InChI=1S/C14H16N2O2S/c1-9-4-5-11(10(2)6-9)12-8-19-14(15-12)16-13(17)7-18-3/h4-6,8H,7H2,1-3H3,(H,15,16,17). The maximum atomic E-state index is 11.4. The summed E-state index contributed by atoms with van der Waals surface area (Å²) in [7, 11) is 1.49. The van der Waals surface area contributed by atoms with Gasteiger partial charge in [-0.15, -0.1) is 11.3 Å². The Morgan fingerprint density at radius 1 is 1.42 bits per heavy atom. The highest BCUT2D eigenvalue weighted by Crippen LogP contribution is 2.27. The summed E-state index contributed by atoms with van der Waals surface area (Å²) in [5.74, 6) is -0.191. The molecule has 5 heteroatoms. The summed E-state index contributed by atoms with van der Waals surface area (Å²) >= 11 is 1.41. The molecule has 1 amide bonds. The quantitative estimate of drug-likeness (QED) is 0.934. The molecule has 0 saturated heterocycles. The van der Waals surface area contributed by atoms with E-state index in [0.717, 1.165) is 11.3 Å². The first-order chi connectivity index (χ1) is 9.10. The predicted molar refractivity (Wildman–Crippen MR) is 77.5 cm³/mol. The van der Waals surface area contributed by atoms with Crippen molar-refractivity contribution in [3.8, 4) is 11.3 Å². The number of amides is 1. The van der Waals surface area contributed by atoms with Crippen LogP contribution >= 0.6 is 11.3 Å². The van der Waals surface area contributed by atoms with E-state index in [1.807, 2.05) is 5.38 Å². The van der Waals surface area contributed by atoms with Crippen LogP contribution in [0.25, 0.3) is 11.3 Å². The van der Waals surface area contributed by atoms with E-state index >= 15 is 0 Å². The number of nitrogens with one attached hydrogen (secondary N) is 1. The Hall–Kier alpha value is -1.72. The summed E-state index contributed by atoms with van der Waals surface area (Å²) < 4.78 is 4.76. The molecule has 2 aromatic rings. The van der Waals surface area contributed by atoms with E-state index in [1.54, 1.807) is 0 Å². The Morgan fingerprint density at radius 3 is 2.89 bits per heavy atom. The third-order valence-corrected chi connectivity index (χ3v) is 3.44. The van der Waals surface area contributed by atoms with Crippen LogP contribution in [0.2, 0.25) is 0 Å². The summed E-state index contributed by atoms with van der Waals surface area (Å²) in [6.45, 7) is 4.16. The molecule has 0 fully saturated rings. The van der Waals surface area contributed by atoms with Gasteiger partial charge in [0.05, 0.1) is 5.69 Å². The fourth-order valence-corrected chi connectivity index (χ4v) is 2.57. The Kier molecular flexibility index (Phi) is 4.29. The zero-order chi connectivity index (χ0) is 13.8. The largest absolute Gasteiger partial charge is 0.375 e. The van der Waals surface area contributed by atoms with Gasteiger partial charge in [0.2, 0.25) is 0 Å². The van der Waals surface area contributed by atoms with Gasteiger partial charge in [0.1, 0.15) is 6.61 Å². The van der Waals surface area contributed by atoms with Crippen LogP contribution in [0.4, 0.5) is 5.13 Å². The van der Waals surface area contributed by atoms with Crippen LogP contribution in [0.3, 0.4) is 0 Å². The fraction of sp³-hybridized carbons (Fsp3) is 0.286. The molecular formula is C14H16N2O2S. The highest BCUT2D eigenvalue weighted by Gasteiger charge is 2.09. The van der Waals surface area contributed by atoms with E-state index in [-0.39, 0.29) is 12.5 Å². The Labute approximate surface area is 116 Å². The Balaban J connectivity index is 2.18. The van der Waals surface area contributed by atoms with Crippen molar-refractivity contribution in [1.29, 1.82) is 0 Å². The number of thiazole rings is 1. The van der Waals surface area contributed by atoms with E-state index < -0.39 is 0 Å². The SMILES string of the molecule is COCC(=O)Nc1nc(-c2ccc(C)cc2C)cs1. The lowest BCUT2D eigenvalue weighted by molar-refractivity contribution is -0.119. The molecule has 100 valence electrons. The van der Waals surface area contributed by atoms with Crippen molar-refractivity contribution in [3.05, 3.63) is 34.7 Å². The zero-order valence-corrected chi connectivity index (χ0v) is 12.0. The maximum absolute atomic E-state index is 11.4. The van der Waals surface area contributed by atoms with Crippen molar-refractivity contribution in [1.82, 2.24) is 4.98 Å². The second kappa shape index (κ2) is 5.95. The first kappa shape index (κ1) is 13.7. The number of ether oxygens (including phenoxy) is 1. The van der Waals surface area contributed by atoms with Crippen molar-refractivity contribution >= 4 is 22.4 Å². The molecule has 1 heterocycles. The van der Waals surface area contributed by atoms with E-state index in [4.69, 9.17) is 4.74 Å². The van der Waals surface area contributed by atoms with Crippen LogP contribution < -0.4 is 5.32 Å². The third-order valence-electron chi connectivity index (χ3n) is 2.68. The van der Waals surface area contributed by atoms with Gasteiger partial charge in [-0.05, 0) is 19.4 Å². The summed E-state index contributed by atoms with van der Waals surface area (Å²) in [6.07, 6.45) is 0. The average Bonchev–Trinajstić information content (AvgIpc) is 2.77. The van der Waals surface area contributed by atoms with E-state index in [0.29, 0.717) is 5.13 Å². The minimum atomic E-state index is -0.191. The molecule has 0 aliphatic carbocycles. The molecule has 1 aromatic heterocycles. The van der Waals surface area contributed by atoms with Gasteiger partial charge in [0.15, 0.2) is 5.13 Å². The van der Waals surface area contributed by atoms with Crippen molar-refractivity contribution < 1.29 is 9.53 Å². The first-order valence-corrected chi connectivity index (χ1v) is 6.80. The second-order valence-corrected chi connectivity index (χ2v) is 5.20. The van der Waals surface area contributed by atoms with Crippen LogP contribution in [-0.2, 0) is 9.53 Å². The number of hydrogen-bond acceptors (Lipinski definition) is 4. The Bertz CT molecular complexity index is 593. The third kappa shape index (κ3) is 3.39. The molecule has 0 spiro atoms. The number of nitrogens with zero attached hydrogens (tertiary/aromatic N) is 1. The molecule has 19 heavy (non-hydrogen) atoms. The molecule has 0 unspecified atom stereocenters. The number of benzene rings is 1. The van der Waals surface area contributed by atoms with Crippen molar-refractivity contribution in [2.75, 3.05) is 19.0 Å². The fourth-order valence-electron chi connectivity index (χ4n) is 1.84. The van der Waals surface area contributed by atoms with Gasteiger partial charge in [-0.25, -0.2) is 4.98 Å². The van der Waals surface area contributed by atoms with Gasteiger partial charge in [-0.1, -0.05) is 23.8 Å². The molecule has 1 N–H and O–H groups in total. The highest BCUT2D eigenvalue weighted by atomic mass is 32.1. The molecule has 0 atom stereocenters. The molecule has 0 radical (unpaired) electrons. The van der Waals surface area contributed by atoms with Gasteiger partial charge in [-0.3, -0.25) is 10.1 Å². The molecule has 2 rings (SSSR count). The van der Waals surface area contributed by atoms with Crippen LogP contribution in [0, 0.1) is 13.8 Å². The lowest BCUT2D eigenvalue weighted by atomic mass is 10.0. The summed E-state index contributed by atoms with van der Waals surface area (Å²) in [6, 6.07) is 6.24. The highest BCUT2D eigenvalue weighted by molar-refractivity contribution is 7.14. The first-order valence-electron chi connectivity index (χ1n) is 5.92. The molecule has 0 aliphatic heterocycles. The van der Waals surface area contributed by atoms with Gasteiger partial charge < -0.3 is 4.74 Å². The smallest absolute Gasteiger partial charge is 0.252 e. The number of anilines is 1. The normalized spacial score (nSPS) is 10.5. The Morgan fingerprint density at radius 2 is 2.21 bits per heavy atom. The van der Waals surface area contributed by atoms with E-state index in [1.165, 1.54) is 29.6 Å². The maximum Gasteiger partial charge on any atom is 0.252 e. The van der Waals surface area contributed by atoms with Crippen molar-refractivity contribution in [2.45, 2.75) is 13.8 Å². The van der Waals surface area contributed by atoms with Crippen molar-refractivity contribution in [3.63, 3.8) is 0 Å². The minimum absolute atomic E-state index is 0.0402.